The molecule has 4 nitrogen and oxygen atoms in total. The number of oxime groups is 1. The summed E-state index contributed by atoms with van der Waals surface area (Å²) >= 11 is 0. The van der Waals surface area contributed by atoms with Gasteiger partial charge in [-0.15, -0.1) is 5.16 Å². The maximum atomic E-state index is 8.63. The molecular formula is C9H12N2O2Si. The van der Waals surface area contributed by atoms with Gasteiger partial charge in [0.2, 0.25) is 5.76 Å². The smallest absolute Gasteiger partial charge is 0.278 e. The quantitative estimate of drug-likeness (QED) is 0.435. The van der Waals surface area contributed by atoms with Gasteiger partial charge >= 0.3 is 0 Å². The monoisotopic (exact) mass is 208 g/mol. The molecule has 0 amide bonds. The maximum absolute atomic E-state index is 8.63. The number of hydrogen-bond donors (Lipinski definition) is 0. The van der Waals surface area contributed by atoms with Gasteiger partial charge in [0.05, 0.1) is 18.0 Å². The van der Waals surface area contributed by atoms with Crippen LogP contribution in [0.3, 0.4) is 0 Å². The summed E-state index contributed by atoms with van der Waals surface area (Å²) in [5.41, 5.74) is 0.644. The summed E-state index contributed by atoms with van der Waals surface area (Å²) in [7, 11) is -1.63. The van der Waals surface area contributed by atoms with E-state index in [4.69, 9.17) is 14.2 Å². The summed E-state index contributed by atoms with van der Waals surface area (Å²) in [6.45, 7) is 6.10. The zero-order valence-electron chi connectivity index (χ0n) is 8.44. The first-order valence-electron chi connectivity index (χ1n) is 4.22. The zero-order chi connectivity index (χ0) is 10.6. The van der Waals surface area contributed by atoms with Gasteiger partial charge in [-0.25, -0.2) is 0 Å². The van der Waals surface area contributed by atoms with Crippen LogP contribution in [-0.2, 0) is 4.53 Å². The molecular weight excluding hydrogens is 196 g/mol. The second-order valence-corrected chi connectivity index (χ2v) is 8.16. The topological polar surface area (TPSA) is 58.5 Å². The summed E-state index contributed by atoms with van der Waals surface area (Å²) in [4.78, 5) is 0. The van der Waals surface area contributed by atoms with Gasteiger partial charge in [-0.1, -0.05) is 0 Å². The van der Waals surface area contributed by atoms with Gasteiger partial charge in [0, 0.05) is 0 Å². The lowest BCUT2D eigenvalue weighted by molar-refractivity contribution is 0.338. The molecule has 0 unspecified atom stereocenters. The van der Waals surface area contributed by atoms with Crippen LogP contribution in [0.25, 0.3) is 0 Å². The fourth-order valence-corrected chi connectivity index (χ4v) is 1.12. The summed E-state index contributed by atoms with van der Waals surface area (Å²) in [6, 6.07) is 3.60. The summed E-state index contributed by atoms with van der Waals surface area (Å²) in [6.07, 6.45) is 2.95. The molecule has 1 heterocycles. The third-order valence-electron chi connectivity index (χ3n) is 1.32. The van der Waals surface area contributed by atoms with Crippen molar-refractivity contribution < 1.29 is 8.94 Å². The number of nitriles is 1. The number of nitrogens with zero attached hydrogens (tertiary/aromatic N) is 2. The van der Waals surface area contributed by atoms with E-state index >= 15 is 0 Å². The molecule has 0 spiro atoms. The van der Waals surface area contributed by atoms with Crippen molar-refractivity contribution in [2.45, 2.75) is 19.6 Å². The molecule has 5 heteroatoms. The van der Waals surface area contributed by atoms with E-state index in [0.29, 0.717) is 5.56 Å². The molecule has 0 fully saturated rings. The highest BCUT2D eigenvalue weighted by Gasteiger charge is 2.15. The second kappa shape index (κ2) is 4.11. The molecule has 0 atom stereocenters. The second-order valence-electron chi connectivity index (χ2n) is 3.76. The Morgan fingerprint density at radius 2 is 2.29 bits per heavy atom. The summed E-state index contributed by atoms with van der Waals surface area (Å²) in [5, 5.41) is 12.4. The minimum Gasteiger partial charge on any atom is -0.456 e. The Bertz CT molecular complexity index is 371. The van der Waals surface area contributed by atoms with Crippen LogP contribution < -0.4 is 0 Å². The molecule has 0 bridgehead atoms. The highest BCUT2D eigenvalue weighted by molar-refractivity contribution is 6.69. The summed E-state index contributed by atoms with van der Waals surface area (Å²) in [5.74, 6) is 0.257. The van der Waals surface area contributed by atoms with Crippen LogP contribution in [0.5, 0.6) is 0 Å². The molecule has 0 saturated heterocycles. The molecule has 1 rings (SSSR count). The third kappa shape index (κ3) is 3.07. The lowest BCUT2D eigenvalue weighted by Gasteiger charge is -2.11. The molecule has 0 N–H and O–H groups in total. The molecule has 0 aliphatic rings. The summed E-state index contributed by atoms with van der Waals surface area (Å²) < 4.78 is 10.2. The SMILES string of the molecule is C[Si](C)(C)ON=Cc1ccoc1C#N. The Kier molecular flexibility index (Phi) is 3.09. The van der Waals surface area contributed by atoms with E-state index in [-0.39, 0.29) is 5.76 Å². The Hall–Kier alpha value is -1.54. The van der Waals surface area contributed by atoms with E-state index in [1.807, 2.05) is 25.7 Å². The number of rotatable bonds is 3. The predicted octanol–water partition coefficient (Wildman–Crippen LogP) is 2.34. The zero-order valence-corrected chi connectivity index (χ0v) is 9.44. The fourth-order valence-electron chi connectivity index (χ4n) is 0.753. The van der Waals surface area contributed by atoms with Crippen molar-refractivity contribution in [2.75, 3.05) is 0 Å². The highest BCUT2D eigenvalue weighted by atomic mass is 28.4. The first-order chi connectivity index (χ1) is 6.53. The average Bonchev–Trinajstić information content (AvgIpc) is 2.49. The van der Waals surface area contributed by atoms with E-state index in [2.05, 4.69) is 5.16 Å². The molecule has 0 radical (unpaired) electrons. The predicted molar refractivity (Wildman–Crippen MR) is 55.4 cm³/mol. The van der Waals surface area contributed by atoms with Crippen molar-refractivity contribution in [1.29, 1.82) is 5.26 Å². The van der Waals surface area contributed by atoms with Gasteiger partial charge in [0.15, 0.2) is 0 Å². The van der Waals surface area contributed by atoms with Crippen molar-refractivity contribution in [2.24, 2.45) is 5.16 Å². The van der Waals surface area contributed by atoms with Gasteiger partial charge in [0.1, 0.15) is 6.07 Å². The van der Waals surface area contributed by atoms with E-state index < -0.39 is 8.32 Å². The third-order valence-corrected chi connectivity index (χ3v) is 1.97. The van der Waals surface area contributed by atoms with Crippen molar-refractivity contribution in [3.8, 4) is 6.07 Å². The molecule has 1 aromatic heterocycles. The fraction of sp³-hybridized carbons (Fsp3) is 0.333. The van der Waals surface area contributed by atoms with Gasteiger partial charge in [-0.05, 0) is 25.7 Å². The van der Waals surface area contributed by atoms with Gasteiger partial charge in [0.25, 0.3) is 8.32 Å². The van der Waals surface area contributed by atoms with Crippen LogP contribution in [0.4, 0.5) is 0 Å². The average molecular weight is 208 g/mol. The molecule has 1 aromatic rings. The van der Waals surface area contributed by atoms with E-state index in [1.165, 1.54) is 12.5 Å². The molecule has 74 valence electrons. The molecule has 0 aliphatic carbocycles. The lowest BCUT2D eigenvalue weighted by atomic mass is 10.3. The molecule has 0 aromatic carbocycles. The van der Waals surface area contributed by atoms with Crippen molar-refractivity contribution >= 4 is 14.5 Å². The van der Waals surface area contributed by atoms with Crippen LogP contribution in [0.15, 0.2) is 21.9 Å². The molecule has 0 aliphatic heterocycles. The van der Waals surface area contributed by atoms with E-state index in [0.717, 1.165) is 0 Å². The normalized spacial score (nSPS) is 11.6. The van der Waals surface area contributed by atoms with Gasteiger partial charge < -0.3 is 8.94 Å². The Morgan fingerprint density at radius 1 is 1.57 bits per heavy atom. The van der Waals surface area contributed by atoms with Crippen LogP contribution in [0.2, 0.25) is 19.6 Å². The number of hydrogen-bond acceptors (Lipinski definition) is 4. The van der Waals surface area contributed by atoms with Crippen LogP contribution in [0.1, 0.15) is 11.3 Å². The minimum atomic E-state index is -1.63. The van der Waals surface area contributed by atoms with Crippen LogP contribution in [-0.4, -0.2) is 14.5 Å². The van der Waals surface area contributed by atoms with Gasteiger partial charge in [-0.3, -0.25) is 0 Å². The van der Waals surface area contributed by atoms with E-state index in [1.54, 1.807) is 6.07 Å². The van der Waals surface area contributed by atoms with Crippen LogP contribution in [0, 0.1) is 11.3 Å². The van der Waals surface area contributed by atoms with Crippen molar-refractivity contribution in [1.82, 2.24) is 0 Å². The number of furan rings is 1. The van der Waals surface area contributed by atoms with Gasteiger partial charge in [-0.2, -0.15) is 5.26 Å². The highest BCUT2D eigenvalue weighted by Crippen LogP contribution is 2.07. The van der Waals surface area contributed by atoms with Crippen molar-refractivity contribution in [3.05, 3.63) is 23.7 Å². The first kappa shape index (κ1) is 10.5. The van der Waals surface area contributed by atoms with Crippen LogP contribution >= 0.6 is 0 Å². The Labute approximate surface area is 83.9 Å². The van der Waals surface area contributed by atoms with Crippen molar-refractivity contribution in [3.63, 3.8) is 0 Å². The standard InChI is InChI=1S/C9H12N2O2Si/c1-14(2,3)13-11-7-8-4-5-12-9(8)6-10/h4-5,7H,1-3H3. The first-order valence-corrected chi connectivity index (χ1v) is 7.63. The molecule has 0 saturated carbocycles. The Morgan fingerprint density at radius 3 is 2.86 bits per heavy atom. The minimum absolute atomic E-state index is 0.257. The maximum Gasteiger partial charge on any atom is 0.278 e. The Balaban J connectivity index is 2.66. The molecule has 14 heavy (non-hydrogen) atoms. The van der Waals surface area contributed by atoms with E-state index in [9.17, 15) is 0 Å². The largest absolute Gasteiger partial charge is 0.456 e. The lowest BCUT2D eigenvalue weighted by Crippen LogP contribution is -2.22.